The van der Waals surface area contributed by atoms with Gasteiger partial charge in [-0.15, -0.1) is 0 Å². The fraction of sp³-hybridized carbons (Fsp3) is 0.429. The van der Waals surface area contributed by atoms with Gasteiger partial charge in [-0.05, 0) is 31.2 Å². The maximum absolute atomic E-state index is 12.1. The highest BCUT2D eigenvalue weighted by Crippen LogP contribution is 2.17. The fourth-order valence-electron chi connectivity index (χ4n) is 1.59. The minimum absolute atomic E-state index is 0.166. The molecule has 1 rings (SSSR count). The number of rotatable bonds is 6. The Morgan fingerprint density at radius 2 is 1.84 bits per heavy atom. The average molecular weight is 266 g/mol. The summed E-state index contributed by atoms with van der Waals surface area (Å²) >= 11 is 0. The highest BCUT2D eigenvalue weighted by atomic mass is 16.5. The summed E-state index contributed by atoms with van der Waals surface area (Å²) in [6, 6.07) is 6.48. The van der Waals surface area contributed by atoms with Crippen LogP contribution in [-0.4, -0.2) is 36.7 Å². The monoisotopic (exact) mass is 266 g/mol. The lowest BCUT2D eigenvalue weighted by Crippen LogP contribution is -2.34. The number of ketones is 1. The first kappa shape index (κ1) is 15.2. The van der Waals surface area contributed by atoms with Gasteiger partial charge in [0.2, 0.25) is 0 Å². The number of ether oxygens (including phenoxy) is 2. The van der Waals surface area contributed by atoms with E-state index in [1.807, 2.05) is 0 Å². The molecule has 0 heterocycles. The molecule has 0 aliphatic carbocycles. The lowest BCUT2D eigenvalue weighted by atomic mass is 9.94. The van der Waals surface area contributed by atoms with Crippen LogP contribution in [0.15, 0.2) is 24.3 Å². The number of hydrogen-bond acceptors (Lipinski definition) is 5. The smallest absolute Gasteiger partial charge is 0.335 e. The molecule has 0 radical (unpaired) electrons. The van der Waals surface area contributed by atoms with Crippen molar-refractivity contribution in [2.24, 2.45) is 5.92 Å². The second kappa shape index (κ2) is 6.89. The fourth-order valence-corrected chi connectivity index (χ4v) is 1.59. The second-order valence-electron chi connectivity index (χ2n) is 4.08. The molecule has 1 N–H and O–H groups in total. The van der Waals surface area contributed by atoms with E-state index in [1.54, 1.807) is 31.2 Å². The van der Waals surface area contributed by atoms with Gasteiger partial charge in [0.25, 0.3) is 0 Å². The maximum atomic E-state index is 12.1. The molecule has 0 spiro atoms. The Bertz CT molecular complexity index is 438. The Kier molecular flexibility index (Phi) is 5.51. The van der Waals surface area contributed by atoms with Gasteiger partial charge in [0.05, 0.1) is 19.6 Å². The number of Topliss-reactive ketones (excluding diaryl/α,β-unsaturated/α-hetero) is 1. The van der Waals surface area contributed by atoms with E-state index in [2.05, 4.69) is 4.74 Å². The zero-order chi connectivity index (χ0) is 14.4. The summed E-state index contributed by atoms with van der Waals surface area (Å²) in [5.41, 5.74) is 0.414. The van der Waals surface area contributed by atoms with Crippen LogP contribution in [0, 0.1) is 5.92 Å². The van der Waals surface area contributed by atoms with Gasteiger partial charge in [-0.3, -0.25) is 4.79 Å². The molecule has 2 atom stereocenters. The van der Waals surface area contributed by atoms with Crippen molar-refractivity contribution in [2.75, 3.05) is 13.7 Å². The normalized spacial score (nSPS) is 13.5. The van der Waals surface area contributed by atoms with E-state index in [0.717, 1.165) is 0 Å². The third-order valence-corrected chi connectivity index (χ3v) is 2.79. The lowest BCUT2D eigenvalue weighted by Gasteiger charge is -2.16. The summed E-state index contributed by atoms with van der Waals surface area (Å²) in [6.45, 7) is 3.30. The quantitative estimate of drug-likeness (QED) is 0.623. The van der Waals surface area contributed by atoms with E-state index in [1.165, 1.54) is 14.0 Å². The van der Waals surface area contributed by atoms with Crippen LogP contribution < -0.4 is 4.74 Å². The van der Waals surface area contributed by atoms with Gasteiger partial charge in [0, 0.05) is 5.56 Å². The standard InChI is InChI=1S/C14H18O5/c1-4-19-14(17)13(16)9(2)12(15)10-5-7-11(18-3)8-6-10/h5-9,13,16H,4H2,1-3H3. The van der Waals surface area contributed by atoms with Gasteiger partial charge in [0.15, 0.2) is 11.9 Å². The van der Waals surface area contributed by atoms with Gasteiger partial charge in [0.1, 0.15) is 5.75 Å². The van der Waals surface area contributed by atoms with Crippen LogP contribution in [0.3, 0.4) is 0 Å². The zero-order valence-electron chi connectivity index (χ0n) is 11.3. The van der Waals surface area contributed by atoms with Crippen LogP contribution in [0.4, 0.5) is 0 Å². The molecule has 0 amide bonds. The predicted octanol–water partition coefficient (Wildman–Crippen LogP) is 1.44. The highest BCUT2D eigenvalue weighted by Gasteiger charge is 2.29. The van der Waals surface area contributed by atoms with Crippen LogP contribution in [-0.2, 0) is 9.53 Å². The number of esters is 1. The van der Waals surface area contributed by atoms with Gasteiger partial charge in [-0.2, -0.15) is 0 Å². The summed E-state index contributed by atoms with van der Waals surface area (Å²) < 4.78 is 9.68. The van der Waals surface area contributed by atoms with Gasteiger partial charge in [-0.1, -0.05) is 6.92 Å². The molecule has 5 heteroatoms. The summed E-state index contributed by atoms with van der Waals surface area (Å²) in [4.78, 5) is 23.5. The molecule has 0 aromatic heterocycles. The van der Waals surface area contributed by atoms with Crippen LogP contribution in [0.25, 0.3) is 0 Å². The SMILES string of the molecule is CCOC(=O)C(O)C(C)C(=O)c1ccc(OC)cc1. The van der Waals surface area contributed by atoms with Crippen LogP contribution in [0.5, 0.6) is 5.75 Å². The number of benzene rings is 1. The first-order valence-corrected chi connectivity index (χ1v) is 6.04. The summed E-state index contributed by atoms with van der Waals surface area (Å²) in [5, 5.41) is 9.73. The number of aliphatic hydroxyl groups is 1. The molecule has 0 bridgehead atoms. The first-order valence-electron chi connectivity index (χ1n) is 6.04. The van der Waals surface area contributed by atoms with Crippen molar-refractivity contribution in [3.63, 3.8) is 0 Å². The number of hydrogen-bond donors (Lipinski definition) is 1. The maximum Gasteiger partial charge on any atom is 0.335 e. The van der Waals surface area contributed by atoms with E-state index in [-0.39, 0.29) is 12.4 Å². The number of carbonyl (C=O) groups is 2. The summed E-state index contributed by atoms with van der Waals surface area (Å²) in [5.74, 6) is -1.32. The van der Waals surface area contributed by atoms with Crippen LogP contribution in [0.1, 0.15) is 24.2 Å². The van der Waals surface area contributed by atoms with Crippen molar-refractivity contribution in [3.8, 4) is 5.75 Å². The predicted molar refractivity (Wildman–Crippen MR) is 69.1 cm³/mol. The molecule has 5 nitrogen and oxygen atoms in total. The Labute approximate surface area is 112 Å². The zero-order valence-corrected chi connectivity index (χ0v) is 11.3. The molecule has 104 valence electrons. The molecular formula is C14H18O5. The molecule has 0 saturated carbocycles. The van der Waals surface area contributed by atoms with Crippen molar-refractivity contribution in [1.29, 1.82) is 0 Å². The second-order valence-corrected chi connectivity index (χ2v) is 4.08. The number of methoxy groups -OCH3 is 1. The Hall–Kier alpha value is -1.88. The van der Waals surface area contributed by atoms with Crippen molar-refractivity contribution < 1.29 is 24.2 Å². The highest BCUT2D eigenvalue weighted by molar-refractivity contribution is 6.00. The van der Waals surface area contributed by atoms with Gasteiger partial charge >= 0.3 is 5.97 Å². The Morgan fingerprint density at radius 3 is 2.32 bits per heavy atom. The topological polar surface area (TPSA) is 72.8 Å². The number of carbonyl (C=O) groups excluding carboxylic acids is 2. The van der Waals surface area contributed by atoms with Crippen LogP contribution >= 0.6 is 0 Å². The van der Waals surface area contributed by atoms with Crippen molar-refractivity contribution in [1.82, 2.24) is 0 Å². The van der Waals surface area contributed by atoms with Gasteiger partial charge < -0.3 is 14.6 Å². The minimum Gasteiger partial charge on any atom is -0.497 e. The molecule has 19 heavy (non-hydrogen) atoms. The van der Waals surface area contributed by atoms with Crippen molar-refractivity contribution in [2.45, 2.75) is 20.0 Å². The largest absolute Gasteiger partial charge is 0.497 e. The molecule has 1 aromatic rings. The van der Waals surface area contributed by atoms with Gasteiger partial charge in [-0.25, -0.2) is 4.79 Å². The summed E-state index contributed by atoms with van der Waals surface area (Å²) in [7, 11) is 1.53. The Morgan fingerprint density at radius 1 is 1.26 bits per heavy atom. The third-order valence-electron chi connectivity index (χ3n) is 2.79. The van der Waals surface area contributed by atoms with E-state index in [0.29, 0.717) is 11.3 Å². The molecule has 0 fully saturated rings. The molecular weight excluding hydrogens is 248 g/mol. The van der Waals surface area contributed by atoms with Crippen molar-refractivity contribution in [3.05, 3.63) is 29.8 Å². The Balaban J connectivity index is 2.77. The lowest BCUT2D eigenvalue weighted by molar-refractivity contribution is -0.154. The first-order chi connectivity index (χ1) is 9.01. The molecule has 0 aliphatic heterocycles. The third kappa shape index (κ3) is 3.79. The molecule has 2 unspecified atom stereocenters. The van der Waals surface area contributed by atoms with E-state index >= 15 is 0 Å². The average Bonchev–Trinajstić information content (AvgIpc) is 2.45. The number of aliphatic hydroxyl groups excluding tert-OH is 1. The van der Waals surface area contributed by atoms with Crippen LogP contribution in [0.2, 0.25) is 0 Å². The summed E-state index contributed by atoms with van der Waals surface area (Å²) in [6.07, 6.45) is -1.45. The van der Waals surface area contributed by atoms with E-state index in [9.17, 15) is 14.7 Å². The van der Waals surface area contributed by atoms with E-state index in [4.69, 9.17) is 4.74 Å². The molecule has 0 aliphatic rings. The van der Waals surface area contributed by atoms with E-state index < -0.39 is 18.0 Å². The van der Waals surface area contributed by atoms with Crippen molar-refractivity contribution >= 4 is 11.8 Å². The minimum atomic E-state index is -1.45. The molecule has 1 aromatic carbocycles. The molecule has 0 saturated heterocycles.